The molecule has 25 heavy (non-hydrogen) atoms. The molecule has 0 spiro atoms. The van der Waals surface area contributed by atoms with Gasteiger partial charge in [-0.05, 0) is 42.5 Å². The van der Waals surface area contributed by atoms with E-state index in [0.29, 0.717) is 27.2 Å². The molecule has 0 saturated carbocycles. The number of carbonyl (C=O) groups is 1. The molecule has 0 fully saturated rings. The number of rotatable bonds is 5. The van der Waals surface area contributed by atoms with E-state index in [1.165, 1.54) is 6.20 Å². The molecule has 3 rings (SSSR count). The Kier molecular flexibility index (Phi) is 5.48. The van der Waals surface area contributed by atoms with Crippen LogP contribution in [0.5, 0.6) is 5.75 Å². The highest BCUT2D eigenvalue weighted by molar-refractivity contribution is 6.35. The SMILES string of the molecule is O=C(Nc1cccnc1Cl)c1ccc(COc2ccc(Cl)cc2Cl)o1. The van der Waals surface area contributed by atoms with Gasteiger partial charge in [-0.2, -0.15) is 0 Å². The Bertz CT molecular complexity index is 912. The van der Waals surface area contributed by atoms with Crippen molar-refractivity contribution in [3.8, 4) is 5.75 Å². The quantitative estimate of drug-likeness (QED) is 0.580. The van der Waals surface area contributed by atoms with Crippen molar-refractivity contribution in [3.63, 3.8) is 0 Å². The maximum Gasteiger partial charge on any atom is 0.291 e. The van der Waals surface area contributed by atoms with E-state index in [-0.39, 0.29) is 17.5 Å². The van der Waals surface area contributed by atoms with Gasteiger partial charge in [0.25, 0.3) is 5.91 Å². The summed E-state index contributed by atoms with van der Waals surface area (Å²) >= 11 is 17.8. The van der Waals surface area contributed by atoms with Gasteiger partial charge in [-0.3, -0.25) is 4.79 Å². The van der Waals surface area contributed by atoms with Crippen LogP contribution in [0.3, 0.4) is 0 Å². The summed E-state index contributed by atoms with van der Waals surface area (Å²) in [4.78, 5) is 16.1. The lowest BCUT2D eigenvalue weighted by atomic mass is 10.3. The molecule has 0 unspecified atom stereocenters. The fourth-order valence-electron chi connectivity index (χ4n) is 1.98. The molecule has 0 aliphatic heterocycles. The van der Waals surface area contributed by atoms with Gasteiger partial charge in [0.05, 0.1) is 10.7 Å². The molecule has 1 aromatic carbocycles. The monoisotopic (exact) mass is 396 g/mol. The van der Waals surface area contributed by atoms with Crippen LogP contribution in [0.25, 0.3) is 0 Å². The number of amides is 1. The summed E-state index contributed by atoms with van der Waals surface area (Å²) in [6, 6.07) is 11.4. The number of halogens is 3. The van der Waals surface area contributed by atoms with Crippen molar-refractivity contribution in [2.45, 2.75) is 6.61 Å². The van der Waals surface area contributed by atoms with E-state index >= 15 is 0 Å². The number of benzene rings is 1. The van der Waals surface area contributed by atoms with Gasteiger partial charge in [-0.1, -0.05) is 34.8 Å². The Balaban J connectivity index is 1.64. The van der Waals surface area contributed by atoms with Gasteiger partial charge in [0.1, 0.15) is 18.1 Å². The van der Waals surface area contributed by atoms with Crippen molar-refractivity contribution < 1.29 is 13.9 Å². The fraction of sp³-hybridized carbons (Fsp3) is 0.0588. The minimum atomic E-state index is -0.439. The maximum absolute atomic E-state index is 12.2. The fourth-order valence-corrected chi connectivity index (χ4v) is 2.61. The summed E-state index contributed by atoms with van der Waals surface area (Å²) in [6.45, 7) is 0.113. The number of carbonyl (C=O) groups excluding carboxylic acids is 1. The number of hydrogen-bond acceptors (Lipinski definition) is 4. The lowest BCUT2D eigenvalue weighted by molar-refractivity contribution is 0.0992. The zero-order chi connectivity index (χ0) is 17.8. The normalized spacial score (nSPS) is 10.5. The van der Waals surface area contributed by atoms with Crippen LogP contribution in [0.1, 0.15) is 16.3 Å². The summed E-state index contributed by atoms with van der Waals surface area (Å²) in [5.41, 5.74) is 0.399. The van der Waals surface area contributed by atoms with E-state index < -0.39 is 5.91 Å². The first kappa shape index (κ1) is 17.6. The van der Waals surface area contributed by atoms with Gasteiger partial charge in [-0.25, -0.2) is 4.98 Å². The van der Waals surface area contributed by atoms with Crippen molar-refractivity contribution >= 4 is 46.4 Å². The highest BCUT2D eigenvalue weighted by Crippen LogP contribution is 2.28. The van der Waals surface area contributed by atoms with E-state index in [1.807, 2.05) is 0 Å². The van der Waals surface area contributed by atoms with Gasteiger partial charge in [0.2, 0.25) is 0 Å². The molecule has 0 aliphatic rings. The van der Waals surface area contributed by atoms with Crippen LogP contribution < -0.4 is 10.1 Å². The molecular formula is C17H11Cl3N2O3. The summed E-state index contributed by atoms with van der Waals surface area (Å²) in [7, 11) is 0. The first-order chi connectivity index (χ1) is 12.0. The van der Waals surface area contributed by atoms with E-state index in [2.05, 4.69) is 10.3 Å². The molecule has 1 N–H and O–H groups in total. The lowest BCUT2D eigenvalue weighted by Gasteiger charge is -2.06. The standard InChI is InChI=1S/C17H11Cl3N2O3/c18-10-3-5-14(12(19)8-10)24-9-11-4-6-15(25-11)17(23)22-13-2-1-7-21-16(13)20/h1-8H,9H2,(H,22,23). The number of anilines is 1. The molecule has 0 saturated heterocycles. The van der Waals surface area contributed by atoms with Crippen LogP contribution in [0.2, 0.25) is 15.2 Å². The zero-order valence-corrected chi connectivity index (χ0v) is 14.9. The van der Waals surface area contributed by atoms with Crippen LogP contribution in [0.4, 0.5) is 5.69 Å². The number of furan rings is 1. The molecule has 3 aromatic rings. The maximum atomic E-state index is 12.2. The molecule has 5 nitrogen and oxygen atoms in total. The Morgan fingerprint density at radius 1 is 1.16 bits per heavy atom. The number of nitrogens with one attached hydrogen (secondary N) is 1. The largest absolute Gasteiger partial charge is 0.484 e. The smallest absolute Gasteiger partial charge is 0.291 e. The summed E-state index contributed by atoms with van der Waals surface area (Å²) in [5, 5.41) is 3.73. The average molecular weight is 398 g/mol. The Morgan fingerprint density at radius 3 is 2.76 bits per heavy atom. The molecule has 1 amide bonds. The van der Waals surface area contributed by atoms with E-state index in [0.717, 1.165) is 0 Å². The van der Waals surface area contributed by atoms with Crippen LogP contribution >= 0.6 is 34.8 Å². The zero-order valence-electron chi connectivity index (χ0n) is 12.6. The van der Waals surface area contributed by atoms with Crippen LogP contribution in [0, 0.1) is 0 Å². The van der Waals surface area contributed by atoms with Crippen molar-refractivity contribution in [2.24, 2.45) is 0 Å². The second-order valence-electron chi connectivity index (χ2n) is 4.93. The molecular weight excluding hydrogens is 387 g/mol. The Morgan fingerprint density at radius 2 is 2.00 bits per heavy atom. The lowest BCUT2D eigenvalue weighted by Crippen LogP contribution is -2.11. The first-order valence-electron chi connectivity index (χ1n) is 7.11. The number of nitrogens with zero attached hydrogens (tertiary/aromatic N) is 1. The minimum absolute atomic E-state index is 0.113. The summed E-state index contributed by atoms with van der Waals surface area (Å²) in [6.07, 6.45) is 1.53. The first-order valence-corrected chi connectivity index (χ1v) is 8.25. The number of hydrogen-bond donors (Lipinski definition) is 1. The molecule has 0 radical (unpaired) electrons. The third kappa shape index (κ3) is 4.45. The van der Waals surface area contributed by atoms with E-state index in [9.17, 15) is 4.79 Å². The van der Waals surface area contributed by atoms with E-state index in [4.69, 9.17) is 44.0 Å². The molecule has 0 bridgehead atoms. The van der Waals surface area contributed by atoms with Gasteiger partial charge in [0, 0.05) is 11.2 Å². The predicted octanol–water partition coefficient (Wildman–Crippen LogP) is 5.47. The molecule has 2 heterocycles. The van der Waals surface area contributed by atoms with Crippen molar-refractivity contribution in [2.75, 3.05) is 5.32 Å². The van der Waals surface area contributed by atoms with Gasteiger partial charge in [0.15, 0.2) is 10.9 Å². The third-order valence-corrected chi connectivity index (χ3v) is 3.99. The van der Waals surface area contributed by atoms with Crippen LogP contribution in [-0.2, 0) is 6.61 Å². The molecule has 2 aromatic heterocycles. The second-order valence-corrected chi connectivity index (χ2v) is 6.13. The van der Waals surface area contributed by atoms with Gasteiger partial charge < -0.3 is 14.5 Å². The van der Waals surface area contributed by atoms with Crippen molar-refractivity contribution in [1.29, 1.82) is 0 Å². The van der Waals surface area contributed by atoms with Crippen LogP contribution in [-0.4, -0.2) is 10.9 Å². The van der Waals surface area contributed by atoms with Gasteiger partial charge >= 0.3 is 0 Å². The number of ether oxygens (including phenoxy) is 1. The summed E-state index contributed by atoms with van der Waals surface area (Å²) in [5.74, 6) is 0.621. The molecule has 0 aliphatic carbocycles. The molecule has 128 valence electrons. The topological polar surface area (TPSA) is 64.4 Å². The second kappa shape index (κ2) is 7.78. The Labute approximate surface area is 158 Å². The van der Waals surface area contributed by atoms with Crippen molar-refractivity contribution in [3.05, 3.63) is 75.4 Å². The van der Waals surface area contributed by atoms with Crippen LogP contribution in [0.15, 0.2) is 53.1 Å². The number of pyridine rings is 1. The number of aromatic nitrogens is 1. The molecule has 0 atom stereocenters. The summed E-state index contributed by atoms with van der Waals surface area (Å²) < 4.78 is 11.0. The highest BCUT2D eigenvalue weighted by Gasteiger charge is 2.14. The average Bonchev–Trinajstić information content (AvgIpc) is 3.05. The minimum Gasteiger partial charge on any atom is -0.484 e. The molecule has 8 heteroatoms. The Hall–Kier alpha value is -2.21. The van der Waals surface area contributed by atoms with Gasteiger partial charge in [-0.15, -0.1) is 0 Å². The van der Waals surface area contributed by atoms with E-state index in [1.54, 1.807) is 42.5 Å². The third-order valence-electron chi connectivity index (χ3n) is 3.16. The predicted molar refractivity (Wildman–Crippen MR) is 96.7 cm³/mol. The highest BCUT2D eigenvalue weighted by atomic mass is 35.5. The van der Waals surface area contributed by atoms with Crippen molar-refractivity contribution in [1.82, 2.24) is 4.98 Å².